The number of benzene rings is 3. The van der Waals surface area contributed by atoms with E-state index in [-0.39, 0.29) is 23.6 Å². The van der Waals surface area contributed by atoms with Crippen molar-refractivity contribution in [3.05, 3.63) is 106 Å². The van der Waals surface area contributed by atoms with Crippen LogP contribution in [0.4, 0.5) is 8.78 Å². The Hall–Kier alpha value is -3.27. The first-order valence-corrected chi connectivity index (χ1v) is 9.19. The van der Waals surface area contributed by atoms with Gasteiger partial charge in [-0.15, -0.1) is 0 Å². The van der Waals surface area contributed by atoms with E-state index in [4.69, 9.17) is 0 Å². The monoisotopic (exact) mass is 375 g/mol. The Morgan fingerprint density at radius 3 is 2.25 bits per heavy atom. The minimum Gasteiger partial charge on any atom is -0.349 e. The van der Waals surface area contributed by atoms with Crippen LogP contribution in [0, 0.1) is 11.6 Å². The largest absolute Gasteiger partial charge is 0.349 e. The van der Waals surface area contributed by atoms with Gasteiger partial charge in [0.2, 0.25) is 0 Å². The van der Waals surface area contributed by atoms with Crippen LogP contribution < -0.4 is 5.32 Å². The Bertz CT molecular complexity index is 1020. The molecule has 0 saturated carbocycles. The fraction of sp³-hybridized carbons (Fsp3) is 0.125. The van der Waals surface area contributed by atoms with Crippen LogP contribution in [0.25, 0.3) is 12.2 Å². The number of carbonyl (C=O) groups excluding carboxylic acids is 1. The predicted octanol–water partition coefficient (Wildman–Crippen LogP) is 5.03. The lowest BCUT2D eigenvalue weighted by molar-refractivity contribution is 0.0938. The van der Waals surface area contributed by atoms with Crippen molar-refractivity contribution >= 4 is 18.1 Å². The van der Waals surface area contributed by atoms with Gasteiger partial charge in [0.15, 0.2) is 0 Å². The number of rotatable bonds is 4. The summed E-state index contributed by atoms with van der Waals surface area (Å²) >= 11 is 0. The van der Waals surface area contributed by atoms with Crippen LogP contribution in [-0.2, 0) is 12.8 Å². The summed E-state index contributed by atoms with van der Waals surface area (Å²) in [5, 5.41) is 3.04. The fourth-order valence-electron chi connectivity index (χ4n) is 3.57. The third-order valence-corrected chi connectivity index (χ3v) is 4.99. The third kappa shape index (κ3) is 4.01. The summed E-state index contributed by atoms with van der Waals surface area (Å²) < 4.78 is 26.1. The van der Waals surface area contributed by atoms with Crippen molar-refractivity contribution in [2.75, 3.05) is 0 Å². The van der Waals surface area contributed by atoms with E-state index >= 15 is 0 Å². The molecule has 4 rings (SSSR count). The molecule has 1 amide bonds. The normalized spacial score (nSPS) is 15.6. The first-order chi connectivity index (χ1) is 13.6. The number of fused-ring (bicyclic) bond motifs is 1. The van der Waals surface area contributed by atoms with Crippen LogP contribution >= 0.6 is 0 Å². The van der Waals surface area contributed by atoms with Gasteiger partial charge in [0.25, 0.3) is 5.91 Å². The van der Waals surface area contributed by atoms with E-state index in [0.29, 0.717) is 5.56 Å². The van der Waals surface area contributed by atoms with Gasteiger partial charge in [-0.3, -0.25) is 4.79 Å². The zero-order chi connectivity index (χ0) is 19.5. The van der Waals surface area contributed by atoms with Gasteiger partial charge in [-0.2, -0.15) is 0 Å². The molecular weight excluding hydrogens is 356 g/mol. The lowest BCUT2D eigenvalue weighted by atomic mass is 10.0. The van der Waals surface area contributed by atoms with Crippen LogP contribution in [0.2, 0.25) is 0 Å². The fourth-order valence-corrected chi connectivity index (χ4v) is 3.57. The molecule has 0 aromatic heterocycles. The average Bonchev–Trinajstić information content (AvgIpc) is 3.11. The Morgan fingerprint density at radius 2 is 1.54 bits per heavy atom. The first kappa shape index (κ1) is 18.1. The molecule has 0 spiro atoms. The van der Waals surface area contributed by atoms with Gasteiger partial charge in [-0.1, -0.05) is 42.5 Å². The van der Waals surface area contributed by atoms with E-state index in [1.54, 1.807) is 12.1 Å². The second kappa shape index (κ2) is 7.77. The number of hydrogen-bond donors (Lipinski definition) is 1. The maximum Gasteiger partial charge on any atom is 0.251 e. The molecule has 28 heavy (non-hydrogen) atoms. The van der Waals surface area contributed by atoms with E-state index in [1.165, 1.54) is 47.5 Å². The van der Waals surface area contributed by atoms with Gasteiger partial charge in [0.1, 0.15) is 11.6 Å². The Kier molecular flexibility index (Phi) is 5.02. The van der Waals surface area contributed by atoms with Crippen molar-refractivity contribution in [1.82, 2.24) is 5.32 Å². The van der Waals surface area contributed by atoms with Crippen LogP contribution in [0.5, 0.6) is 0 Å². The quantitative estimate of drug-likeness (QED) is 0.637. The van der Waals surface area contributed by atoms with Gasteiger partial charge in [0, 0.05) is 11.6 Å². The molecule has 1 aliphatic rings. The van der Waals surface area contributed by atoms with Crippen molar-refractivity contribution in [1.29, 1.82) is 0 Å². The molecule has 0 aliphatic heterocycles. The standard InChI is InChI=1S/C24H19F2NO/c25-20-10-5-16(6-11-20)4-7-17-2-1-3-19-14-22(15-23(17)19)27-24(28)18-8-12-21(26)13-9-18/h1-13,22H,14-15H2,(H,27,28)/b7-4+. The molecule has 0 radical (unpaired) electrons. The number of hydrogen-bond acceptors (Lipinski definition) is 1. The van der Waals surface area contributed by atoms with E-state index in [0.717, 1.165) is 24.0 Å². The number of amides is 1. The van der Waals surface area contributed by atoms with Crippen LogP contribution in [-0.4, -0.2) is 11.9 Å². The number of nitrogens with one attached hydrogen (secondary N) is 1. The lowest BCUT2D eigenvalue weighted by Gasteiger charge is -2.12. The Balaban J connectivity index is 1.47. The number of carbonyl (C=O) groups is 1. The minimum absolute atomic E-state index is 0.00734. The van der Waals surface area contributed by atoms with Crippen LogP contribution in [0.15, 0.2) is 66.7 Å². The average molecular weight is 375 g/mol. The molecule has 1 unspecified atom stereocenters. The molecule has 2 nitrogen and oxygen atoms in total. The van der Waals surface area contributed by atoms with E-state index < -0.39 is 0 Å². The molecule has 0 saturated heterocycles. The molecular formula is C24H19F2NO. The molecule has 0 bridgehead atoms. The van der Waals surface area contributed by atoms with Crippen molar-refractivity contribution in [2.45, 2.75) is 18.9 Å². The summed E-state index contributed by atoms with van der Waals surface area (Å²) in [7, 11) is 0. The van der Waals surface area contributed by atoms with Crippen LogP contribution in [0.1, 0.15) is 32.6 Å². The van der Waals surface area contributed by atoms with Crippen molar-refractivity contribution in [3.63, 3.8) is 0 Å². The van der Waals surface area contributed by atoms with Crippen molar-refractivity contribution < 1.29 is 13.6 Å². The molecule has 1 atom stereocenters. The third-order valence-electron chi connectivity index (χ3n) is 4.99. The van der Waals surface area contributed by atoms with Gasteiger partial charge in [-0.25, -0.2) is 8.78 Å². The molecule has 3 aromatic rings. The first-order valence-electron chi connectivity index (χ1n) is 9.19. The lowest BCUT2D eigenvalue weighted by Crippen LogP contribution is -2.35. The summed E-state index contributed by atoms with van der Waals surface area (Å²) in [4.78, 5) is 12.4. The second-order valence-corrected chi connectivity index (χ2v) is 6.96. The van der Waals surface area contributed by atoms with Gasteiger partial charge in [0.05, 0.1) is 0 Å². The zero-order valence-corrected chi connectivity index (χ0v) is 15.2. The van der Waals surface area contributed by atoms with Crippen molar-refractivity contribution in [3.8, 4) is 0 Å². The SMILES string of the molecule is O=C(NC1Cc2cccc(/C=C/c3ccc(F)cc3)c2C1)c1ccc(F)cc1. The Labute approximate surface area is 162 Å². The van der Waals surface area contributed by atoms with E-state index in [2.05, 4.69) is 11.4 Å². The highest BCUT2D eigenvalue weighted by Crippen LogP contribution is 2.27. The topological polar surface area (TPSA) is 29.1 Å². The molecule has 1 aliphatic carbocycles. The summed E-state index contributed by atoms with van der Waals surface area (Å²) in [5.74, 6) is -0.805. The van der Waals surface area contributed by atoms with E-state index in [1.807, 2.05) is 24.3 Å². The smallest absolute Gasteiger partial charge is 0.251 e. The van der Waals surface area contributed by atoms with Gasteiger partial charge < -0.3 is 5.32 Å². The van der Waals surface area contributed by atoms with Crippen molar-refractivity contribution in [2.24, 2.45) is 0 Å². The molecule has 0 fully saturated rings. The molecule has 3 aromatic carbocycles. The highest BCUT2D eigenvalue weighted by molar-refractivity contribution is 5.94. The predicted molar refractivity (Wildman–Crippen MR) is 107 cm³/mol. The second-order valence-electron chi connectivity index (χ2n) is 6.96. The highest BCUT2D eigenvalue weighted by atomic mass is 19.1. The summed E-state index contributed by atoms with van der Waals surface area (Å²) in [5.41, 5.74) is 4.91. The zero-order valence-electron chi connectivity index (χ0n) is 15.2. The summed E-state index contributed by atoms with van der Waals surface area (Å²) in [6.45, 7) is 0. The summed E-state index contributed by atoms with van der Waals surface area (Å²) in [6.07, 6.45) is 5.49. The van der Waals surface area contributed by atoms with Crippen LogP contribution in [0.3, 0.4) is 0 Å². The highest BCUT2D eigenvalue weighted by Gasteiger charge is 2.24. The number of halogens is 2. The minimum atomic E-state index is -0.359. The van der Waals surface area contributed by atoms with Gasteiger partial charge >= 0.3 is 0 Å². The Morgan fingerprint density at radius 1 is 0.857 bits per heavy atom. The molecule has 4 heteroatoms. The maximum atomic E-state index is 13.0. The molecule has 0 heterocycles. The van der Waals surface area contributed by atoms with Gasteiger partial charge in [-0.05, 0) is 71.5 Å². The maximum absolute atomic E-state index is 13.0. The molecule has 1 N–H and O–H groups in total. The van der Waals surface area contributed by atoms with E-state index in [9.17, 15) is 13.6 Å². The summed E-state index contributed by atoms with van der Waals surface area (Å²) in [6, 6.07) is 18.0. The molecule has 140 valence electrons.